The first-order chi connectivity index (χ1) is 15.1. The number of hydrogen-bond donors (Lipinski definition) is 0. The Balaban J connectivity index is 1.33. The Labute approximate surface area is 186 Å². The Hall–Kier alpha value is -2.61. The first-order valence-electron chi connectivity index (χ1n) is 11.7. The van der Waals surface area contributed by atoms with Crippen molar-refractivity contribution in [3.8, 4) is 5.75 Å². The van der Waals surface area contributed by atoms with Crippen LogP contribution >= 0.6 is 0 Å². The SMILES string of the molecule is CCOc1ccc(C2CCC(c3ccc(C[C@H](C)c4ccccc4)cc3)CC2)cc1F. The summed E-state index contributed by atoms with van der Waals surface area (Å²) in [5.74, 6) is 1.72. The molecule has 3 aromatic rings. The van der Waals surface area contributed by atoms with Gasteiger partial charge in [-0.25, -0.2) is 4.39 Å². The third-order valence-corrected chi connectivity index (χ3v) is 6.82. The van der Waals surface area contributed by atoms with Crippen molar-refractivity contribution in [1.82, 2.24) is 0 Å². The molecule has 0 heterocycles. The third-order valence-electron chi connectivity index (χ3n) is 6.82. The van der Waals surface area contributed by atoms with Gasteiger partial charge in [-0.1, -0.05) is 67.6 Å². The minimum absolute atomic E-state index is 0.234. The molecule has 1 saturated carbocycles. The molecule has 0 unspecified atom stereocenters. The molecule has 162 valence electrons. The molecule has 0 aliphatic heterocycles. The molecule has 0 N–H and O–H groups in total. The molecule has 0 saturated heterocycles. The summed E-state index contributed by atoms with van der Waals surface area (Å²) >= 11 is 0. The first kappa shape index (κ1) is 21.6. The van der Waals surface area contributed by atoms with Crippen molar-refractivity contribution in [3.63, 3.8) is 0 Å². The molecule has 1 nitrogen and oxygen atoms in total. The van der Waals surface area contributed by atoms with Gasteiger partial charge in [0.25, 0.3) is 0 Å². The first-order valence-corrected chi connectivity index (χ1v) is 11.7. The van der Waals surface area contributed by atoms with E-state index < -0.39 is 0 Å². The van der Waals surface area contributed by atoms with Gasteiger partial charge in [0.2, 0.25) is 0 Å². The van der Waals surface area contributed by atoms with Gasteiger partial charge in [-0.2, -0.15) is 0 Å². The van der Waals surface area contributed by atoms with E-state index in [1.54, 1.807) is 12.1 Å². The van der Waals surface area contributed by atoms with Crippen LogP contribution in [0.2, 0.25) is 0 Å². The number of halogens is 1. The Morgan fingerprint density at radius 3 is 2.06 bits per heavy atom. The fourth-order valence-corrected chi connectivity index (χ4v) is 4.98. The number of ether oxygens (including phenoxy) is 1. The lowest BCUT2D eigenvalue weighted by Crippen LogP contribution is -2.12. The highest BCUT2D eigenvalue weighted by molar-refractivity contribution is 5.33. The lowest BCUT2D eigenvalue weighted by molar-refractivity contribution is 0.320. The quantitative estimate of drug-likeness (QED) is 0.379. The van der Waals surface area contributed by atoms with E-state index in [0.29, 0.717) is 30.1 Å². The van der Waals surface area contributed by atoms with Gasteiger partial charge in [-0.15, -0.1) is 0 Å². The molecule has 0 spiro atoms. The van der Waals surface area contributed by atoms with Crippen LogP contribution in [0.5, 0.6) is 5.75 Å². The highest BCUT2D eigenvalue weighted by atomic mass is 19.1. The summed E-state index contributed by atoms with van der Waals surface area (Å²) < 4.78 is 19.6. The predicted molar refractivity (Wildman–Crippen MR) is 127 cm³/mol. The zero-order valence-electron chi connectivity index (χ0n) is 18.7. The third kappa shape index (κ3) is 5.36. The van der Waals surface area contributed by atoms with Crippen LogP contribution in [0, 0.1) is 5.82 Å². The van der Waals surface area contributed by atoms with Crippen molar-refractivity contribution in [1.29, 1.82) is 0 Å². The van der Waals surface area contributed by atoms with E-state index in [1.165, 1.54) is 29.5 Å². The summed E-state index contributed by atoms with van der Waals surface area (Å²) in [6.45, 7) is 4.67. The number of hydrogen-bond acceptors (Lipinski definition) is 1. The number of benzene rings is 3. The normalized spacial score (nSPS) is 19.7. The maximum atomic E-state index is 14.2. The molecule has 1 aliphatic rings. The van der Waals surface area contributed by atoms with Crippen molar-refractivity contribution < 1.29 is 9.13 Å². The minimum atomic E-state index is -0.234. The standard InChI is InChI=1S/C29H33FO/c1-3-31-29-18-17-27(20-28(29)30)26-15-13-25(14-16-26)24-11-9-22(10-12-24)19-21(2)23-7-5-4-6-8-23/h4-12,17-18,20-21,25-26H,3,13-16,19H2,1-2H3/t21-,25?,26?/m0/s1. The molecular weight excluding hydrogens is 383 g/mol. The lowest BCUT2D eigenvalue weighted by Gasteiger charge is -2.29. The topological polar surface area (TPSA) is 9.23 Å². The summed E-state index contributed by atoms with van der Waals surface area (Å²) in [6, 6.07) is 25.5. The average molecular weight is 417 g/mol. The van der Waals surface area contributed by atoms with Gasteiger partial charge >= 0.3 is 0 Å². The van der Waals surface area contributed by atoms with E-state index in [1.807, 2.05) is 13.0 Å². The van der Waals surface area contributed by atoms with Gasteiger partial charge in [-0.3, -0.25) is 0 Å². The highest BCUT2D eigenvalue weighted by Gasteiger charge is 2.24. The summed E-state index contributed by atoms with van der Waals surface area (Å²) in [4.78, 5) is 0. The zero-order valence-corrected chi connectivity index (χ0v) is 18.7. The number of rotatable bonds is 7. The summed E-state index contributed by atoms with van der Waals surface area (Å²) in [5.41, 5.74) is 5.37. The van der Waals surface area contributed by atoms with Crippen LogP contribution in [0.4, 0.5) is 4.39 Å². The fraction of sp³-hybridized carbons (Fsp3) is 0.379. The Kier molecular flexibility index (Phi) is 7.06. The molecular formula is C29H33FO. The van der Waals surface area contributed by atoms with Crippen LogP contribution in [0.15, 0.2) is 72.8 Å². The summed E-state index contributed by atoms with van der Waals surface area (Å²) in [5, 5.41) is 0. The molecule has 2 heteroatoms. The van der Waals surface area contributed by atoms with Gasteiger partial charge in [0, 0.05) is 0 Å². The van der Waals surface area contributed by atoms with Crippen molar-refractivity contribution in [2.75, 3.05) is 6.61 Å². The second-order valence-corrected chi connectivity index (χ2v) is 8.93. The maximum absolute atomic E-state index is 14.2. The molecule has 1 fully saturated rings. The van der Waals surface area contributed by atoms with Crippen LogP contribution < -0.4 is 4.74 Å². The Morgan fingerprint density at radius 1 is 0.839 bits per heavy atom. The molecule has 0 radical (unpaired) electrons. The van der Waals surface area contributed by atoms with E-state index in [2.05, 4.69) is 61.5 Å². The monoisotopic (exact) mass is 416 g/mol. The molecule has 1 aliphatic carbocycles. The van der Waals surface area contributed by atoms with E-state index in [-0.39, 0.29) is 5.82 Å². The van der Waals surface area contributed by atoms with Crippen molar-refractivity contribution in [3.05, 3.63) is 101 Å². The molecule has 0 amide bonds. The molecule has 0 bridgehead atoms. The van der Waals surface area contributed by atoms with Crippen LogP contribution in [0.25, 0.3) is 0 Å². The Morgan fingerprint density at radius 2 is 1.45 bits per heavy atom. The smallest absolute Gasteiger partial charge is 0.165 e. The van der Waals surface area contributed by atoms with Gasteiger partial charge in [-0.05, 0) is 91.2 Å². The average Bonchev–Trinajstić information content (AvgIpc) is 2.82. The van der Waals surface area contributed by atoms with Gasteiger partial charge in [0.15, 0.2) is 11.6 Å². The molecule has 31 heavy (non-hydrogen) atoms. The second-order valence-electron chi connectivity index (χ2n) is 8.93. The van der Waals surface area contributed by atoms with Gasteiger partial charge in [0.05, 0.1) is 6.61 Å². The molecule has 4 rings (SSSR count). The second kappa shape index (κ2) is 10.1. The fourth-order valence-electron chi connectivity index (χ4n) is 4.98. The van der Waals surface area contributed by atoms with E-state index in [9.17, 15) is 4.39 Å². The molecule has 3 aromatic carbocycles. The largest absolute Gasteiger partial charge is 0.491 e. The Bertz CT molecular complexity index is 956. The predicted octanol–water partition coefficient (Wildman–Crippen LogP) is 8.01. The summed E-state index contributed by atoms with van der Waals surface area (Å²) in [7, 11) is 0. The van der Waals surface area contributed by atoms with E-state index >= 15 is 0 Å². The van der Waals surface area contributed by atoms with Crippen molar-refractivity contribution in [2.45, 2.75) is 63.7 Å². The summed E-state index contributed by atoms with van der Waals surface area (Å²) in [6.07, 6.45) is 5.63. The minimum Gasteiger partial charge on any atom is -0.491 e. The lowest BCUT2D eigenvalue weighted by atomic mass is 9.76. The zero-order chi connectivity index (χ0) is 21.6. The van der Waals surface area contributed by atoms with Gasteiger partial charge in [0.1, 0.15) is 0 Å². The maximum Gasteiger partial charge on any atom is 0.165 e. The van der Waals surface area contributed by atoms with E-state index in [4.69, 9.17) is 4.74 Å². The van der Waals surface area contributed by atoms with Crippen LogP contribution in [0.3, 0.4) is 0 Å². The highest BCUT2D eigenvalue weighted by Crippen LogP contribution is 2.41. The van der Waals surface area contributed by atoms with Crippen LogP contribution in [0.1, 0.15) is 79.5 Å². The van der Waals surface area contributed by atoms with Crippen LogP contribution in [-0.2, 0) is 6.42 Å². The van der Waals surface area contributed by atoms with Gasteiger partial charge < -0.3 is 4.74 Å². The van der Waals surface area contributed by atoms with Crippen LogP contribution in [-0.4, -0.2) is 6.61 Å². The molecule has 0 aromatic heterocycles. The van der Waals surface area contributed by atoms with E-state index in [0.717, 1.165) is 24.8 Å². The molecule has 1 atom stereocenters. The van der Waals surface area contributed by atoms with Crippen molar-refractivity contribution in [2.24, 2.45) is 0 Å². The van der Waals surface area contributed by atoms with Crippen molar-refractivity contribution >= 4 is 0 Å².